The monoisotopic (exact) mass is 402 g/mol. The zero-order valence-electron chi connectivity index (χ0n) is 16.6. The van der Waals surface area contributed by atoms with Crippen LogP contribution in [0.25, 0.3) is 0 Å². The van der Waals surface area contributed by atoms with Crippen molar-refractivity contribution < 1.29 is 17.9 Å². The van der Waals surface area contributed by atoms with Crippen LogP contribution in [0.2, 0.25) is 0 Å². The van der Waals surface area contributed by atoms with E-state index in [4.69, 9.17) is 4.74 Å². The average Bonchev–Trinajstić information content (AvgIpc) is 2.63. The van der Waals surface area contributed by atoms with Crippen molar-refractivity contribution in [3.8, 4) is 0 Å². The lowest BCUT2D eigenvalue weighted by molar-refractivity contribution is -0.0586. The molecule has 7 heteroatoms. The summed E-state index contributed by atoms with van der Waals surface area (Å²) in [6.07, 6.45) is -0.00602. The van der Waals surface area contributed by atoms with Gasteiger partial charge in [-0.3, -0.25) is 9.52 Å². The lowest BCUT2D eigenvalue weighted by atomic mass is 10.1. The van der Waals surface area contributed by atoms with Crippen LogP contribution in [0.3, 0.4) is 0 Å². The van der Waals surface area contributed by atoms with Crippen LogP contribution in [0.5, 0.6) is 0 Å². The van der Waals surface area contributed by atoms with Gasteiger partial charge in [0.25, 0.3) is 15.9 Å². The summed E-state index contributed by atoms with van der Waals surface area (Å²) in [6.45, 7) is 8.79. The molecule has 1 aliphatic rings. The third-order valence-electron chi connectivity index (χ3n) is 4.88. The number of amides is 1. The molecule has 0 unspecified atom stereocenters. The molecule has 0 saturated carbocycles. The van der Waals surface area contributed by atoms with E-state index < -0.39 is 10.0 Å². The van der Waals surface area contributed by atoms with Crippen molar-refractivity contribution in [2.45, 2.75) is 44.8 Å². The molecule has 2 aromatic carbocycles. The highest BCUT2D eigenvalue weighted by molar-refractivity contribution is 7.92. The Morgan fingerprint density at radius 2 is 1.61 bits per heavy atom. The highest BCUT2D eigenvalue weighted by Gasteiger charge is 2.26. The minimum Gasteiger partial charge on any atom is -0.372 e. The molecule has 0 bridgehead atoms. The third-order valence-corrected chi connectivity index (χ3v) is 6.26. The SMILES string of the molecule is Cc1ccc(S(=O)(=O)Nc2ccc(C(=O)N3C[C@@H](C)O[C@H](C)C3)cc2)cc1C. The standard InChI is InChI=1S/C21H26N2O4S/c1-14-5-10-20(11-15(14)2)28(25,26)22-19-8-6-18(7-9-19)21(24)23-12-16(3)27-17(4)13-23/h5-11,16-17,22H,12-13H2,1-4H3/t16-,17-/m1/s1. The molecule has 1 amide bonds. The summed E-state index contributed by atoms with van der Waals surface area (Å²) in [5.74, 6) is -0.0782. The maximum atomic E-state index is 12.7. The molecular formula is C21H26N2O4S. The predicted octanol–water partition coefficient (Wildman–Crippen LogP) is 3.35. The van der Waals surface area contributed by atoms with E-state index in [0.29, 0.717) is 24.3 Å². The van der Waals surface area contributed by atoms with Crippen molar-refractivity contribution >= 4 is 21.6 Å². The Morgan fingerprint density at radius 3 is 2.18 bits per heavy atom. The van der Waals surface area contributed by atoms with Gasteiger partial charge in [0.2, 0.25) is 0 Å². The van der Waals surface area contributed by atoms with Crippen LogP contribution in [-0.2, 0) is 14.8 Å². The van der Waals surface area contributed by atoms with Gasteiger partial charge in [0.1, 0.15) is 0 Å². The molecule has 28 heavy (non-hydrogen) atoms. The lowest BCUT2D eigenvalue weighted by Crippen LogP contribution is -2.48. The quantitative estimate of drug-likeness (QED) is 0.851. The molecule has 2 aromatic rings. The first-order valence-corrected chi connectivity index (χ1v) is 10.8. The van der Waals surface area contributed by atoms with Crippen LogP contribution in [0.4, 0.5) is 5.69 Å². The van der Waals surface area contributed by atoms with Gasteiger partial charge in [-0.05, 0) is 75.2 Å². The molecule has 6 nitrogen and oxygen atoms in total. The Balaban J connectivity index is 1.73. The van der Waals surface area contributed by atoms with Gasteiger partial charge in [0, 0.05) is 24.3 Å². The van der Waals surface area contributed by atoms with Crippen molar-refractivity contribution in [1.29, 1.82) is 0 Å². The second kappa shape index (κ2) is 7.93. The molecule has 1 heterocycles. The lowest BCUT2D eigenvalue weighted by Gasteiger charge is -2.35. The summed E-state index contributed by atoms with van der Waals surface area (Å²) in [5.41, 5.74) is 2.89. The molecule has 0 spiro atoms. The summed E-state index contributed by atoms with van der Waals surface area (Å²) in [6, 6.07) is 11.5. The van der Waals surface area contributed by atoms with Crippen LogP contribution in [-0.4, -0.2) is 44.5 Å². The number of aryl methyl sites for hydroxylation is 2. The largest absolute Gasteiger partial charge is 0.372 e. The number of carbonyl (C=O) groups excluding carboxylic acids is 1. The number of sulfonamides is 1. The summed E-state index contributed by atoms with van der Waals surface area (Å²) in [7, 11) is -3.68. The Hall–Kier alpha value is -2.38. The Bertz CT molecular complexity index is 960. The smallest absolute Gasteiger partial charge is 0.261 e. The Morgan fingerprint density at radius 1 is 1.00 bits per heavy atom. The summed E-state index contributed by atoms with van der Waals surface area (Å²) >= 11 is 0. The fourth-order valence-corrected chi connectivity index (χ4v) is 4.45. The normalized spacial score (nSPS) is 20.1. The first-order chi connectivity index (χ1) is 13.2. The zero-order chi connectivity index (χ0) is 20.5. The minimum absolute atomic E-state index is 0.00301. The highest BCUT2D eigenvalue weighted by atomic mass is 32.2. The number of morpholine rings is 1. The molecule has 2 atom stereocenters. The fourth-order valence-electron chi connectivity index (χ4n) is 3.30. The second-order valence-electron chi connectivity index (χ2n) is 7.40. The molecule has 3 rings (SSSR count). The van der Waals surface area contributed by atoms with E-state index in [0.717, 1.165) is 11.1 Å². The van der Waals surface area contributed by atoms with Crippen molar-refractivity contribution in [3.63, 3.8) is 0 Å². The number of hydrogen-bond acceptors (Lipinski definition) is 4. The van der Waals surface area contributed by atoms with E-state index in [2.05, 4.69) is 4.72 Å². The maximum absolute atomic E-state index is 12.7. The number of hydrogen-bond donors (Lipinski definition) is 1. The van der Waals surface area contributed by atoms with Gasteiger partial charge in [0.05, 0.1) is 17.1 Å². The van der Waals surface area contributed by atoms with Gasteiger partial charge in [-0.1, -0.05) is 6.07 Å². The maximum Gasteiger partial charge on any atom is 0.261 e. The number of rotatable bonds is 4. The Labute approximate surface area is 166 Å². The summed E-state index contributed by atoms with van der Waals surface area (Å²) in [5, 5.41) is 0. The minimum atomic E-state index is -3.68. The number of benzene rings is 2. The first kappa shape index (κ1) is 20.4. The number of nitrogens with one attached hydrogen (secondary N) is 1. The molecule has 0 aromatic heterocycles. The number of carbonyl (C=O) groups is 1. The Kier molecular flexibility index (Phi) is 5.76. The molecule has 150 valence electrons. The highest BCUT2D eigenvalue weighted by Crippen LogP contribution is 2.20. The number of nitrogens with zero attached hydrogens (tertiary/aromatic N) is 1. The summed E-state index contributed by atoms with van der Waals surface area (Å²) < 4.78 is 33.4. The molecule has 1 N–H and O–H groups in total. The van der Waals surface area contributed by atoms with Crippen molar-refractivity contribution in [1.82, 2.24) is 4.90 Å². The zero-order valence-corrected chi connectivity index (χ0v) is 17.4. The van der Waals surface area contributed by atoms with Gasteiger partial charge >= 0.3 is 0 Å². The van der Waals surface area contributed by atoms with Crippen molar-refractivity contribution in [3.05, 3.63) is 59.2 Å². The predicted molar refractivity (Wildman–Crippen MR) is 109 cm³/mol. The topological polar surface area (TPSA) is 75.7 Å². The van der Waals surface area contributed by atoms with Crippen molar-refractivity contribution in [2.75, 3.05) is 17.8 Å². The molecule has 1 aliphatic heterocycles. The summed E-state index contributed by atoms with van der Waals surface area (Å²) in [4.78, 5) is 14.7. The van der Waals surface area contributed by atoms with Crippen LogP contribution in [0.15, 0.2) is 47.4 Å². The second-order valence-corrected chi connectivity index (χ2v) is 9.08. The van der Waals surface area contributed by atoms with Gasteiger partial charge < -0.3 is 9.64 Å². The molecule has 0 radical (unpaired) electrons. The molecule has 0 aliphatic carbocycles. The third kappa shape index (κ3) is 4.54. The van der Waals surface area contributed by atoms with Gasteiger partial charge in [0.15, 0.2) is 0 Å². The van der Waals surface area contributed by atoms with E-state index in [9.17, 15) is 13.2 Å². The molecule has 1 fully saturated rings. The average molecular weight is 403 g/mol. The molecule has 1 saturated heterocycles. The van der Waals surface area contributed by atoms with Gasteiger partial charge in [-0.15, -0.1) is 0 Å². The fraction of sp³-hybridized carbons (Fsp3) is 0.381. The van der Waals surface area contributed by atoms with Crippen LogP contribution in [0, 0.1) is 13.8 Å². The number of ether oxygens (including phenoxy) is 1. The van der Waals surface area contributed by atoms with E-state index >= 15 is 0 Å². The van der Waals surface area contributed by atoms with E-state index in [1.54, 1.807) is 47.4 Å². The van der Waals surface area contributed by atoms with Gasteiger partial charge in [-0.25, -0.2) is 8.42 Å². The van der Waals surface area contributed by atoms with E-state index in [1.165, 1.54) is 0 Å². The van der Waals surface area contributed by atoms with Crippen molar-refractivity contribution in [2.24, 2.45) is 0 Å². The van der Waals surface area contributed by atoms with Crippen LogP contribution in [0.1, 0.15) is 35.3 Å². The number of anilines is 1. The van der Waals surface area contributed by atoms with E-state index in [1.807, 2.05) is 27.7 Å². The van der Waals surface area contributed by atoms with Crippen LogP contribution >= 0.6 is 0 Å². The van der Waals surface area contributed by atoms with Gasteiger partial charge in [-0.2, -0.15) is 0 Å². The van der Waals surface area contributed by atoms with Crippen LogP contribution < -0.4 is 4.72 Å². The van der Waals surface area contributed by atoms with E-state index in [-0.39, 0.29) is 23.0 Å². The molecular weight excluding hydrogens is 376 g/mol. The first-order valence-electron chi connectivity index (χ1n) is 9.30.